The number of hydrogen-bond acceptors (Lipinski definition) is 4. The maximum atomic E-state index is 11.5. The summed E-state index contributed by atoms with van der Waals surface area (Å²) in [5.74, 6) is 1.85. The molecular formula is C15H23BrIN3O3S. The molecule has 0 bridgehead atoms. The first-order chi connectivity index (χ1) is 11.0. The summed E-state index contributed by atoms with van der Waals surface area (Å²) in [5, 5.41) is 6.30. The molecule has 0 aromatic heterocycles. The van der Waals surface area contributed by atoms with Crippen LogP contribution in [0.4, 0.5) is 0 Å². The van der Waals surface area contributed by atoms with E-state index in [9.17, 15) is 8.42 Å². The van der Waals surface area contributed by atoms with Crippen LogP contribution < -0.4 is 15.4 Å². The van der Waals surface area contributed by atoms with Crippen molar-refractivity contribution in [1.29, 1.82) is 0 Å². The monoisotopic (exact) mass is 531 g/mol. The number of aliphatic imine (C=N–C) groups is 1. The first-order valence-corrected chi connectivity index (χ1v) is 10.2. The van der Waals surface area contributed by atoms with Gasteiger partial charge >= 0.3 is 0 Å². The molecule has 2 N–H and O–H groups in total. The van der Waals surface area contributed by atoms with Gasteiger partial charge < -0.3 is 15.4 Å². The molecule has 1 aliphatic rings. The fourth-order valence-corrected chi connectivity index (χ4v) is 4.21. The summed E-state index contributed by atoms with van der Waals surface area (Å²) < 4.78 is 29.6. The molecule has 0 saturated carbocycles. The highest BCUT2D eigenvalue weighted by Crippen LogP contribution is 2.15. The SMILES string of the molecule is CCNC(=NCCOc1ccc(Br)cc1)NC1CCS(=O)(=O)C1.I. The van der Waals surface area contributed by atoms with Crippen LogP contribution in [0.2, 0.25) is 0 Å². The lowest BCUT2D eigenvalue weighted by Gasteiger charge is -2.15. The van der Waals surface area contributed by atoms with Gasteiger partial charge in [-0.3, -0.25) is 0 Å². The number of ether oxygens (including phenoxy) is 1. The molecule has 0 amide bonds. The van der Waals surface area contributed by atoms with Gasteiger partial charge in [-0.2, -0.15) is 0 Å². The fourth-order valence-electron chi connectivity index (χ4n) is 2.27. The van der Waals surface area contributed by atoms with Gasteiger partial charge in [0, 0.05) is 17.1 Å². The Morgan fingerprint density at radius 3 is 2.67 bits per heavy atom. The van der Waals surface area contributed by atoms with E-state index in [1.54, 1.807) is 0 Å². The van der Waals surface area contributed by atoms with Crippen molar-refractivity contribution >= 4 is 55.7 Å². The van der Waals surface area contributed by atoms with Gasteiger partial charge in [0.1, 0.15) is 12.4 Å². The van der Waals surface area contributed by atoms with Crippen LogP contribution in [0.1, 0.15) is 13.3 Å². The van der Waals surface area contributed by atoms with Crippen molar-refractivity contribution in [2.45, 2.75) is 19.4 Å². The molecule has 136 valence electrons. The third-order valence-corrected chi connectivity index (χ3v) is 5.66. The molecule has 1 aromatic carbocycles. The van der Waals surface area contributed by atoms with Crippen molar-refractivity contribution in [2.24, 2.45) is 4.99 Å². The molecule has 0 radical (unpaired) electrons. The Morgan fingerprint density at radius 1 is 1.38 bits per heavy atom. The molecule has 2 rings (SSSR count). The van der Waals surface area contributed by atoms with E-state index in [0.717, 1.165) is 16.8 Å². The van der Waals surface area contributed by atoms with E-state index in [1.165, 1.54) is 0 Å². The normalized spacial score (nSPS) is 19.4. The Morgan fingerprint density at radius 2 is 2.08 bits per heavy atom. The van der Waals surface area contributed by atoms with Crippen molar-refractivity contribution in [3.63, 3.8) is 0 Å². The molecule has 1 heterocycles. The van der Waals surface area contributed by atoms with E-state index in [1.807, 2.05) is 31.2 Å². The quantitative estimate of drug-likeness (QED) is 0.254. The zero-order chi connectivity index (χ0) is 16.7. The second-order valence-electron chi connectivity index (χ2n) is 5.31. The number of sulfone groups is 1. The summed E-state index contributed by atoms with van der Waals surface area (Å²) >= 11 is 3.38. The van der Waals surface area contributed by atoms with Gasteiger partial charge in [0.25, 0.3) is 0 Å². The van der Waals surface area contributed by atoms with Crippen LogP contribution in [-0.4, -0.2) is 51.6 Å². The fraction of sp³-hybridized carbons (Fsp3) is 0.533. The molecule has 1 aliphatic heterocycles. The minimum Gasteiger partial charge on any atom is -0.492 e. The number of halogens is 2. The van der Waals surface area contributed by atoms with Crippen molar-refractivity contribution in [3.05, 3.63) is 28.7 Å². The minimum absolute atomic E-state index is 0. The molecule has 0 spiro atoms. The van der Waals surface area contributed by atoms with Crippen LogP contribution in [0.25, 0.3) is 0 Å². The van der Waals surface area contributed by atoms with Crippen LogP contribution in [-0.2, 0) is 9.84 Å². The van der Waals surface area contributed by atoms with E-state index >= 15 is 0 Å². The lowest BCUT2D eigenvalue weighted by Crippen LogP contribution is -2.44. The largest absolute Gasteiger partial charge is 0.492 e. The van der Waals surface area contributed by atoms with Gasteiger partial charge in [-0.05, 0) is 37.6 Å². The lowest BCUT2D eigenvalue weighted by atomic mass is 10.3. The van der Waals surface area contributed by atoms with Gasteiger partial charge in [0.05, 0.1) is 18.1 Å². The molecule has 1 saturated heterocycles. The van der Waals surface area contributed by atoms with Gasteiger partial charge in [0.2, 0.25) is 0 Å². The van der Waals surface area contributed by atoms with Gasteiger partial charge in [-0.1, -0.05) is 15.9 Å². The highest BCUT2D eigenvalue weighted by Gasteiger charge is 2.28. The Bertz CT molecular complexity index is 638. The predicted octanol–water partition coefficient (Wildman–Crippen LogP) is 2.19. The zero-order valence-corrected chi connectivity index (χ0v) is 18.2. The van der Waals surface area contributed by atoms with Crippen LogP contribution in [0, 0.1) is 0 Å². The van der Waals surface area contributed by atoms with Crippen molar-refractivity contribution < 1.29 is 13.2 Å². The van der Waals surface area contributed by atoms with Gasteiger partial charge in [-0.15, -0.1) is 24.0 Å². The van der Waals surface area contributed by atoms with Gasteiger partial charge in [0.15, 0.2) is 15.8 Å². The maximum Gasteiger partial charge on any atom is 0.191 e. The molecule has 6 nitrogen and oxygen atoms in total. The summed E-state index contributed by atoms with van der Waals surface area (Å²) in [6.45, 7) is 3.64. The highest BCUT2D eigenvalue weighted by molar-refractivity contribution is 14.0. The summed E-state index contributed by atoms with van der Waals surface area (Å²) in [6, 6.07) is 7.56. The van der Waals surface area contributed by atoms with E-state index < -0.39 is 9.84 Å². The second-order valence-corrected chi connectivity index (χ2v) is 8.45. The average Bonchev–Trinajstić information content (AvgIpc) is 2.84. The van der Waals surface area contributed by atoms with Crippen molar-refractivity contribution in [3.8, 4) is 5.75 Å². The van der Waals surface area contributed by atoms with E-state index in [-0.39, 0.29) is 41.5 Å². The molecule has 9 heteroatoms. The standard InChI is InChI=1S/C15H22BrN3O3S.HI/c1-2-17-15(19-13-7-10-23(20,21)11-13)18-8-9-22-14-5-3-12(16)4-6-14;/h3-6,13H,2,7-11H2,1H3,(H2,17,18,19);1H. The number of hydrogen-bond donors (Lipinski definition) is 2. The van der Waals surface area contributed by atoms with E-state index in [4.69, 9.17) is 4.74 Å². The summed E-state index contributed by atoms with van der Waals surface area (Å²) in [5.41, 5.74) is 0. The van der Waals surface area contributed by atoms with Crippen LogP contribution in [0.5, 0.6) is 5.75 Å². The van der Waals surface area contributed by atoms with E-state index in [2.05, 4.69) is 31.6 Å². The van der Waals surface area contributed by atoms with Gasteiger partial charge in [-0.25, -0.2) is 13.4 Å². The molecule has 1 aromatic rings. The number of guanidine groups is 1. The smallest absolute Gasteiger partial charge is 0.191 e. The zero-order valence-electron chi connectivity index (χ0n) is 13.5. The number of rotatable bonds is 6. The molecule has 1 atom stereocenters. The Hall–Kier alpha value is -0.550. The molecular weight excluding hydrogens is 509 g/mol. The van der Waals surface area contributed by atoms with Crippen LogP contribution in [0.3, 0.4) is 0 Å². The minimum atomic E-state index is -2.89. The molecule has 1 unspecified atom stereocenters. The molecule has 0 aliphatic carbocycles. The van der Waals surface area contributed by atoms with Crippen molar-refractivity contribution in [2.75, 3.05) is 31.2 Å². The predicted molar refractivity (Wildman–Crippen MR) is 111 cm³/mol. The number of nitrogens with one attached hydrogen (secondary N) is 2. The molecule has 1 fully saturated rings. The maximum absolute atomic E-state index is 11.5. The third-order valence-electron chi connectivity index (χ3n) is 3.36. The van der Waals surface area contributed by atoms with Crippen molar-refractivity contribution in [1.82, 2.24) is 10.6 Å². The first kappa shape index (κ1) is 21.5. The Kier molecular flexibility index (Phi) is 9.35. The molecule has 24 heavy (non-hydrogen) atoms. The topological polar surface area (TPSA) is 79.8 Å². The second kappa shape index (κ2) is 10.4. The Balaban J connectivity index is 0.00000288. The Labute approximate surface area is 168 Å². The number of benzene rings is 1. The van der Waals surface area contributed by atoms with E-state index in [0.29, 0.717) is 25.5 Å². The van der Waals surface area contributed by atoms with Crippen LogP contribution in [0.15, 0.2) is 33.7 Å². The highest BCUT2D eigenvalue weighted by atomic mass is 127. The lowest BCUT2D eigenvalue weighted by molar-refractivity contribution is 0.328. The average molecular weight is 532 g/mol. The third kappa shape index (κ3) is 7.56. The van der Waals surface area contributed by atoms with Crippen LogP contribution >= 0.6 is 39.9 Å². The number of nitrogens with zero attached hydrogens (tertiary/aromatic N) is 1. The summed E-state index contributed by atoms with van der Waals surface area (Å²) in [4.78, 5) is 4.42. The summed E-state index contributed by atoms with van der Waals surface area (Å²) in [7, 11) is -2.89. The first-order valence-electron chi connectivity index (χ1n) is 7.62. The summed E-state index contributed by atoms with van der Waals surface area (Å²) in [6.07, 6.45) is 0.627.